The first-order valence-electron chi connectivity index (χ1n) is 4.83. The van der Waals surface area contributed by atoms with Crippen molar-refractivity contribution in [2.45, 2.75) is 52.1 Å². The molecule has 0 aromatic rings. The van der Waals surface area contributed by atoms with Crippen molar-refractivity contribution in [2.75, 3.05) is 0 Å². The molecule has 1 unspecified atom stereocenters. The minimum Gasteiger partial charge on any atom is -0.463 e. The summed E-state index contributed by atoms with van der Waals surface area (Å²) in [5.41, 5.74) is 0. The van der Waals surface area contributed by atoms with E-state index in [-0.39, 0.29) is 12.1 Å². The second kappa shape index (κ2) is 7.77. The predicted molar refractivity (Wildman–Crippen MR) is 50.4 cm³/mol. The van der Waals surface area contributed by atoms with Gasteiger partial charge in [-0.05, 0) is 26.2 Å². The first-order chi connectivity index (χ1) is 6.20. The SMILES string of the molecule is CCC(C)OC(=O)CCCCC=O. The number of hydrogen-bond donors (Lipinski definition) is 0. The zero-order chi connectivity index (χ0) is 10.1. The average molecular weight is 186 g/mol. The Bertz CT molecular complexity index is 154. The van der Waals surface area contributed by atoms with E-state index in [9.17, 15) is 9.59 Å². The van der Waals surface area contributed by atoms with Crippen LogP contribution in [0.1, 0.15) is 46.0 Å². The normalized spacial score (nSPS) is 12.2. The Labute approximate surface area is 79.5 Å². The minimum atomic E-state index is -0.153. The van der Waals surface area contributed by atoms with E-state index in [0.29, 0.717) is 12.8 Å². The quantitative estimate of drug-likeness (QED) is 0.347. The first kappa shape index (κ1) is 12.1. The molecule has 1 atom stereocenters. The number of carbonyl (C=O) groups is 2. The number of rotatable bonds is 7. The second-order valence-electron chi connectivity index (χ2n) is 3.12. The van der Waals surface area contributed by atoms with Crippen LogP contribution in [0.5, 0.6) is 0 Å². The Balaban J connectivity index is 3.35. The molecule has 0 aromatic carbocycles. The molecule has 0 saturated heterocycles. The van der Waals surface area contributed by atoms with Gasteiger partial charge >= 0.3 is 5.97 Å². The molecular weight excluding hydrogens is 168 g/mol. The maximum atomic E-state index is 11.1. The standard InChI is InChI=1S/C10H18O3/c1-3-9(2)13-10(12)7-5-4-6-8-11/h8-9H,3-7H2,1-2H3. The molecule has 0 aliphatic rings. The lowest BCUT2D eigenvalue weighted by Crippen LogP contribution is -2.13. The molecule has 76 valence electrons. The van der Waals surface area contributed by atoms with Crippen LogP contribution in [-0.2, 0) is 14.3 Å². The fourth-order valence-corrected chi connectivity index (χ4v) is 0.864. The van der Waals surface area contributed by atoms with Gasteiger partial charge in [0.1, 0.15) is 6.29 Å². The maximum absolute atomic E-state index is 11.1. The van der Waals surface area contributed by atoms with Crippen LogP contribution in [0.3, 0.4) is 0 Å². The van der Waals surface area contributed by atoms with Gasteiger partial charge in [-0.1, -0.05) is 6.92 Å². The van der Waals surface area contributed by atoms with E-state index < -0.39 is 0 Å². The molecule has 0 radical (unpaired) electrons. The minimum absolute atomic E-state index is 0.0126. The van der Waals surface area contributed by atoms with Gasteiger partial charge in [0.25, 0.3) is 0 Å². The van der Waals surface area contributed by atoms with Crippen molar-refractivity contribution in [3.05, 3.63) is 0 Å². The van der Waals surface area contributed by atoms with E-state index in [4.69, 9.17) is 4.74 Å². The first-order valence-corrected chi connectivity index (χ1v) is 4.83. The molecule has 0 saturated carbocycles. The van der Waals surface area contributed by atoms with Gasteiger partial charge in [0.05, 0.1) is 6.10 Å². The molecule has 0 amide bonds. The van der Waals surface area contributed by atoms with Crippen molar-refractivity contribution in [2.24, 2.45) is 0 Å². The molecular formula is C10H18O3. The number of esters is 1. The third-order valence-electron chi connectivity index (χ3n) is 1.86. The van der Waals surface area contributed by atoms with Crippen LogP contribution in [0.25, 0.3) is 0 Å². The predicted octanol–water partition coefficient (Wildman–Crippen LogP) is 2.09. The van der Waals surface area contributed by atoms with Gasteiger partial charge < -0.3 is 9.53 Å². The van der Waals surface area contributed by atoms with Crippen molar-refractivity contribution in [3.8, 4) is 0 Å². The van der Waals surface area contributed by atoms with Crippen molar-refractivity contribution >= 4 is 12.3 Å². The lowest BCUT2D eigenvalue weighted by atomic mass is 10.2. The van der Waals surface area contributed by atoms with Gasteiger partial charge in [0, 0.05) is 12.8 Å². The average Bonchev–Trinajstić information content (AvgIpc) is 2.12. The summed E-state index contributed by atoms with van der Waals surface area (Å²) in [6.07, 6.45) is 4.22. The third-order valence-corrected chi connectivity index (χ3v) is 1.86. The number of aldehydes is 1. The number of hydrogen-bond acceptors (Lipinski definition) is 3. The summed E-state index contributed by atoms with van der Waals surface area (Å²) in [4.78, 5) is 21.0. The van der Waals surface area contributed by atoms with E-state index in [1.54, 1.807) is 0 Å². The van der Waals surface area contributed by atoms with Crippen molar-refractivity contribution < 1.29 is 14.3 Å². The van der Waals surface area contributed by atoms with Crippen molar-refractivity contribution in [1.82, 2.24) is 0 Å². The molecule has 3 nitrogen and oxygen atoms in total. The highest BCUT2D eigenvalue weighted by Gasteiger charge is 2.06. The van der Waals surface area contributed by atoms with Crippen LogP contribution in [-0.4, -0.2) is 18.4 Å². The summed E-state index contributed by atoms with van der Waals surface area (Å²) in [7, 11) is 0. The zero-order valence-electron chi connectivity index (χ0n) is 8.41. The van der Waals surface area contributed by atoms with Crippen LogP contribution in [0.15, 0.2) is 0 Å². The number of carbonyl (C=O) groups excluding carboxylic acids is 2. The molecule has 0 bridgehead atoms. The molecule has 0 heterocycles. The smallest absolute Gasteiger partial charge is 0.306 e. The second-order valence-corrected chi connectivity index (χ2v) is 3.12. The van der Waals surface area contributed by atoms with Crippen LogP contribution in [0.2, 0.25) is 0 Å². The summed E-state index contributed by atoms with van der Waals surface area (Å²) in [5.74, 6) is -0.153. The van der Waals surface area contributed by atoms with Gasteiger partial charge in [0.2, 0.25) is 0 Å². The molecule has 0 N–H and O–H groups in total. The molecule has 0 aliphatic heterocycles. The van der Waals surface area contributed by atoms with E-state index in [2.05, 4.69) is 0 Å². The van der Waals surface area contributed by atoms with Crippen LogP contribution in [0.4, 0.5) is 0 Å². The van der Waals surface area contributed by atoms with Gasteiger partial charge in [0.15, 0.2) is 0 Å². The Morgan fingerprint density at radius 2 is 2.15 bits per heavy atom. The number of unbranched alkanes of at least 4 members (excludes halogenated alkanes) is 2. The topological polar surface area (TPSA) is 43.4 Å². The van der Waals surface area contributed by atoms with Gasteiger partial charge in [-0.25, -0.2) is 0 Å². The Kier molecular flexibility index (Phi) is 7.26. The monoisotopic (exact) mass is 186 g/mol. The summed E-state index contributed by atoms with van der Waals surface area (Å²) in [6, 6.07) is 0. The fraction of sp³-hybridized carbons (Fsp3) is 0.800. The van der Waals surface area contributed by atoms with Gasteiger partial charge in [-0.2, -0.15) is 0 Å². The third kappa shape index (κ3) is 7.50. The summed E-state index contributed by atoms with van der Waals surface area (Å²) in [5, 5.41) is 0. The Hall–Kier alpha value is -0.860. The highest BCUT2D eigenvalue weighted by atomic mass is 16.5. The lowest BCUT2D eigenvalue weighted by Gasteiger charge is -2.09. The van der Waals surface area contributed by atoms with Crippen molar-refractivity contribution in [1.29, 1.82) is 0 Å². The molecule has 3 heteroatoms. The van der Waals surface area contributed by atoms with Crippen LogP contribution in [0, 0.1) is 0 Å². The molecule has 0 aliphatic carbocycles. The van der Waals surface area contributed by atoms with Crippen LogP contribution >= 0.6 is 0 Å². The molecule has 0 rings (SSSR count). The highest BCUT2D eigenvalue weighted by Crippen LogP contribution is 2.03. The van der Waals surface area contributed by atoms with Crippen LogP contribution < -0.4 is 0 Å². The summed E-state index contributed by atoms with van der Waals surface area (Å²) in [6.45, 7) is 3.85. The number of ether oxygens (including phenoxy) is 1. The van der Waals surface area contributed by atoms with Crippen molar-refractivity contribution in [3.63, 3.8) is 0 Å². The lowest BCUT2D eigenvalue weighted by molar-refractivity contribution is -0.148. The summed E-state index contributed by atoms with van der Waals surface area (Å²) >= 11 is 0. The zero-order valence-corrected chi connectivity index (χ0v) is 8.41. The summed E-state index contributed by atoms with van der Waals surface area (Å²) < 4.78 is 5.05. The maximum Gasteiger partial charge on any atom is 0.306 e. The largest absolute Gasteiger partial charge is 0.463 e. The Morgan fingerprint density at radius 3 is 2.69 bits per heavy atom. The molecule has 0 spiro atoms. The van der Waals surface area contributed by atoms with E-state index >= 15 is 0 Å². The molecule has 0 aromatic heterocycles. The molecule has 0 fully saturated rings. The molecule has 13 heavy (non-hydrogen) atoms. The van der Waals surface area contributed by atoms with E-state index in [1.165, 1.54) is 0 Å². The van der Waals surface area contributed by atoms with Gasteiger partial charge in [-0.15, -0.1) is 0 Å². The van der Waals surface area contributed by atoms with Gasteiger partial charge in [-0.3, -0.25) is 4.79 Å². The fourth-order valence-electron chi connectivity index (χ4n) is 0.864. The van der Waals surface area contributed by atoms with E-state index in [1.807, 2.05) is 13.8 Å². The Morgan fingerprint density at radius 1 is 1.46 bits per heavy atom. The highest BCUT2D eigenvalue weighted by molar-refractivity contribution is 5.69. The van der Waals surface area contributed by atoms with E-state index in [0.717, 1.165) is 25.5 Å².